The highest BCUT2D eigenvalue weighted by atomic mass is 16.2. The van der Waals surface area contributed by atoms with Gasteiger partial charge in [-0.15, -0.1) is 0 Å². The second kappa shape index (κ2) is 7.88. The SMILES string of the molecule is CCCCC(=O)NCC(=O)Nc1ccccc1C#N. The number of para-hydroxylation sites is 1. The molecule has 5 heteroatoms. The molecule has 5 nitrogen and oxygen atoms in total. The molecule has 0 aliphatic heterocycles. The Hall–Kier alpha value is -2.35. The normalized spacial score (nSPS) is 9.47. The van der Waals surface area contributed by atoms with Crippen LogP contribution in [0.1, 0.15) is 31.7 Å². The van der Waals surface area contributed by atoms with Crippen molar-refractivity contribution in [3.8, 4) is 6.07 Å². The fraction of sp³-hybridized carbons (Fsp3) is 0.357. The number of unbranched alkanes of at least 4 members (excludes halogenated alkanes) is 1. The molecular weight excluding hydrogens is 242 g/mol. The molecule has 0 fully saturated rings. The van der Waals surface area contributed by atoms with Gasteiger partial charge in [0.05, 0.1) is 17.8 Å². The molecule has 100 valence electrons. The van der Waals surface area contributed by atoms with Crippen molar-refractivity contribution in [2.75, 3.05) is 11.9 Å². The van der Waals surface area contributed by atoms with E-state index in [0.29, 0.717) is 17.7 Å². The molecule has 0 aromatic heterocycles. The van der Waals surface area contributed by atoms with Gasteiger partial charge in [0.2, 0.25) is 11.8 Å². The number of hydrogen-bond donors (Lipinski definition) is 2. The largest absolute Gasteiger partial charge is 0.347 e. The van der Waals surface area contributed by atoms with Crippen LogP contribution in [0.15, 0.2) is 24.3 Å². The molecule has 19 heavy (non-hydrogen) atoms. The van der Waals surface area contributed by atoms with E-state index in [1.165, 1.54) is 0 Å². The highest BCUT2D eigenvalue weighted by molar-refractivity contribution is 5.95. The molecule has 1 rings (SSSR count). The van der Waals surface area contributed by atoms with Crippen molar-refractivity contribution in [3.05, 3.63) is 29.8 Å². The third kappa shape index (κ3) is 5.21. The standard InChI is InChI=1S/C14H17N3O2/c1-2-3-8-13(18)16-10-14(19)17-12-7-5-4-6-11(12)9-15/h4-7H,2-3,8,10H2,1H3,(H,16,18)(H,17,19). The van der Waals surface area contributed by atoms with Crippen molar-refractivity contribution in [1.82, 2.24) is 5.32 Å². The number of carbonyl (C=O) groups excluding carboxylic acids is 2. The van der Waals surface area contributed by atoms with E-state index in [1.54, 1.807) is 24.3 Å². The summed E-state index contributed by atoms with van der Waals surface area (Å²) in [6.07, 6.45) is 2.18. The van der Waals surface area contributed by atoms with E-state index in [0.717, 1.165) is 12.8 Å². The number of anilines is 1. The van der Waals surface area contributed by atoms with Gasteiger partial charge in [-0.2, -0.15) is 5.26 Å². The summed E-state index contributed by atoms with van der Waals surface area (Å²) in [6.45, 7) is 1.92. The van der Waals surface area contributed by atoms with E-state index < -0.39 is 0 Å². The lowest BCUT2D eigenvalue weighted by Gasteiger charge is -2.07. The van der Waals surface area contributed by atoms with E-state index in [4.69, 9.17) is 5.26 Å². The number of nitrogens with one attached hydrogen (secondary N) is 2. The molecule has 2 amide bonds. The summed E-state index contributed by atoms with van der Waals surface area (Å²) in [5.41, 5.74) is 0.853. The van der Waals surface area contributed by atoms with E-state index in [-0.39, 0.29) is 18.4 Å². The third-order valence-electron chi connectivity index (χ3n) is 2.53. The second-order valence-corrected chi connectivity index (χ2v) is 4.09. The Balaban J connectivity index is 2.43. The molecule has 0 heterocycles. The van der Waals surface area contributed by atoms with E-state index in [1.807, 2.05) is 13.0 Å². The molecule has 0 bridgehead atoms. The minimum Gasteiger partial charge on any atom is -0.347 e. The minimum absolute atomic E-state index is 0.0810. The van der Waals surface area contributed by atoms with Crippen LogP contribution in [0.4, 0.5) is 5.69 Å². The van der Waals surface area contributed by atoms with Gasteiger partial charge in [0.15, 0.2) is 0 Å². The zero-order valence-corrected chi connectivity index (χ0v) is 10.9. The highest BCUT2D eigenvalue weighted by Crippen LogP contribution is 2.12. The molecule has 0 aliphatic carbocycles. The number of nitrogens with zero attached hydrogens (tertiary/aromatic N) is 1. The highest BCUT2D eigenvalue weighted by Gasteiger charge is 2.07. The van der Waals surface area contributed by atoms with Gasteiger partial charge >= 0.3 is 0 Å². The maximum absolute atomic E-state index is 11.6. The summed E-state index contributed by atoms with van der Waals surface area (Å²) >= 11 is 0. The van der Waals surface area contributed by atoms with Crippen LogP contribution < -0.4 is 10.6 Å². The van der Waals surface area contributed by atoms with Gasteiger partial charge in [0, 0.05) is 6.42 Å². The molecule has 2 N–H and O–H groups in total. The first kappa shape index (κ1) is 14.7. The van der Waals surface area contributed by atoms with Crippen LogP contribution in [0.2, 0.25) is 0 Å². The second-order valence-electron chi connectivity index (χ2n) is 4.09. The monoisotopic (exact) mass is 259 g/mol. The fourth-order valence-corrected chi connectivity index (χ4v) is 1.49. The molecule has 0 radical (unpaired) electrons. The Morgan fingerprint density at radius 2 is 2.00 bits per heavy atom. The Morgan fingerprint density at radius 1 is 1.26 bits per heavy atom. The van der Waals surface area contributed by atoms with Crippen molar-refractivity contribution in [3.63, 3.8) is 0 Å². The van der Waals surface area contributed by atoms with Crippen LogP contribution in [-0.4, -0.2) is 18.4 Å². The summed E-state index contributed by atoms with van der Waals surface area (Å²) in [4.78, 5) is 23.0. The van der Waals surface area contributed by atoms with Gasteiger partial charge in [0.25, 0.3) is 0 Å². The van der Waals surface area contributed by atoms with Gasteiger partial charge in [-0.1, -0.05) is 25.5 Å². The van der Waals surface area contributed by atoms with Crippen molar-refractivity contribution in [2.24, 2.45) is 0 Å². The average molecular weight is 259 g/mol. The first-order valence-corrected chi connectivity index (χ1v) is 6.23. The zero-order chi connectivity index (χ0) is 14.1. The smallest absolute Gasteiger partial charge is 0.243 e. The van der Waals surface area contributed by atoms with Gasteiger partial charge in [-0.05, 0) is 18.6 Å². The van der Waals surface area contributed by atoms with Crippen molar-refractivity contribution in [1.29, 1.82) is 5.26 Å². The molecule has 0 atom stereocenters. The Labute approximate surface area is 112 Å². The van der Waals surface area contributed by atoms with Crippen molar-refractivity contribution >= 4 is 17.5 Å². The molecule has 1 aromatic rings. The van der Waals surface area contributed by atoms with Crippen LogP contribution in [0.25, 0.3) is 0 Å². The number of amides is 2. The lowest BCUT2D eigenvalue weighted by molar-refractivity contribution is -0.124. The molecule has 0 unspecified atom stereocenters. The van der Waals surface area contributed by atoms with Crippen LogP contribution >= 0.6 is 0 Å². The third-order valence-corrected chi connectivity index (χ3v) is 2.53. The summed E-state index contributed by atoms with van der Waals surface area (Å²) < 4.78 is 0. The first-order chi connectivity index (χ1) is 9.17. The molecule has 0 spiro atoms. The minimum atomic E-state index is -0.340. The Kier molecular flexibility index (Phi) is 6.10. The summed E-state index contributed by atoms with van der Waals surface area (Å²) in [5, 5.41) is 14.0. The lowest BCUT2D eigenvalue weighted by Crippen LogP contribution is -2.32. The van der Waals surface area contributed by atoms with Gasteiger partial charge in [-0.3, -0.25) is 9.59 Å². The zero-order valence-electron chi connectivity index (χ0n) is 10.9. The predicted octanol–water partition coefficient (Wildman–Crippen LogP) is 1.80. The van der Waals surface area contributed by atoms with Gasteiger partial charge in [-0.25, -0.2) is 0 Å². The van der Waals surface area contributed by atoms with Crippen LogP contribution in [0, 0.1) is 11.3 Å². The lowest BCUT2D eigenvalue weighted by atomic mass is 10.2. The van der Waals surface area contributed by atoms with Crippen LogP contribution in [0.5, 0.6) is 0 Å². The summed E-state index contributed by atoms with van der Waals surface area (Å²) in [7, 11) is 0. The number of nitriles is 1. The molecule has 0 saturated carbocycles. The maximum Gasteiger partial charge on any atom is 0.243 e. The van der Waals surface area contributed by atoms with Gasteiger partial charge in [0.1, 0.15) is 6.07 Å². The van der Waals surface area contributed by atoms with Crippen molar-refractivity contribution in [2.45, 2.75) is 26.2 Å². The molecule has 0 aliphatic rings. The Morgan fingerprint density at radius 3 is 2.68 bits per heavy atom. The quantitative estimate of drug-likeness (QED) is 0.817. The van der Waals surface area contributed by atoms with E-state index >= 15 is 0 Å². The van der Waals surface area contributed by atoms with Crippen molar-refractivity contribution < 1.29 is 9.59 Å². The number of rotatable bonds is 6. The average Bonchev–Trinajstić information content (AvgIpc) is 2.43. The van der Waals surface area contributed by atoms with Crippen LogP contribution in [0.3, 0.4) is 0 Å². The Bertz CT molecular complexity index is 492. The number of benzene rings is 1. The predicted molar refractivity (Wildman–Crippen MR) is 72.3 cm³/mol. The number of carbonyl (C=O) groups is 2. The topological polar surface area (TPSA) is 82.0 Å². The van der Waals surface area contributed by atoms with Crippen LogP contribution in [-0.2, 0) is 9.59 Å². The molecule has 0 saturated heterocycles. The maximum atomic E-state index is 11.6. The first-order valence-electron chi connectivity index (χ1n) is 6.23. The van der Waals surface area contributed by atoms with E-state index in [2.05, 4.69) is 10.6 Å². The summed E-state index contributed by atoms with van der Waals surface area (Å²) in [5.74, 6) is -0.474. The molecular formula is C14H17N3O2. The fourth-order valence-electron chi connectivity index (χ4n) is 1.49. The number of hydrogen-bond acceptors (Lipinski definition) is 3. The van der Waals surface area contributed by atoms with Gasteiger partial charge < -0.3 is 10.6 Å². The van der Waals surface area contributed by atoms with E-state index in [9.17, 15) is 9.59 Å². The summed E-state index contributed by atoms with van der Waals surface area (Å²) in [6, 6.07) is 8.72. The molecule has 1 aromatic carbocycles.